The lowest BCUT2D eigenvalue weighted by Crippen LogP contribution is -2.66. The molecule has 5 saturated carbocycles. The second-order valence-corrected chi connectivity index (χ2v) is 22.9. The molecule has 1 aromatic rings. The first-order valence-electron chi connectivity index (χ1n) is 23.6. The SMILES string of the molecule is CC(C)C1=C2[C@H]3CC[C@@H]4[C@@]5(C)CC[C@H](OC(=O)[C@H]6C[C@@H](C(=O)O)C6(C)C)C(C)(C)[C@@H]5CC[C@@]4(C)[C@]3(C)CC[C@@]2(CCNCc2ccc(CN3CCOCC3)cc2)CC1=O. The van der Waals surface area contributed by atoms with E-state index < -0.39 is 17.3 Å². The third-order valence-electron chi connectivity index (χ3n) is 19.3. The van der Waals surface area contributed by atoms with Crippen LogP contribution in [0.3, 0.4) is 0 Å². The van der Waals surface area contributed by atoms with Crippen LogP contribution in [0, 0.1) is 68.0 Å². The summed E-state index contributed by atoms with van der Waals surface area (Å²) in [7, 11) is 0. The molecule has 0 unspecified atom stereocenters. The second-order valence-electron chi connectivity index (χ2n) is 22.9. The van der Waals surface area contributed by atoms with Crippen LogP contribution in [0.4, 0.5) is 0 Å². The van der Waals surface area contributed by atoms with Crippen LogP contribution in [0.15, 0.2) is 35.4 Å². The van der Waals surface area contributed by atoms with Gasteiger partial charge >= 0.3 is 11.9 Å². The molecule has 0 bridgehead atoms. The van der Waals surface area contributed by atoms with Gasteiger partial charge in [-0.2, -0.15) is 0 Å². The van der Waals surface area contributed by atoms with Crippen molar-refractivity contribution in [1.29, 1.82) is 0 Å². The zero-order chi connectivity index (χ0) is 42.3. The molecule has 8 rings (SSSR count). The first kappa shape index (κ1) is 43.1. The van der Waals surface area contributed by atoms with Gasteiger partial charge in [0.1, 0.15) is 6.10 Å². The number of fused-ring (bicyclic) bond motifs is 7. The molecule has 1 heterocycles. The summed E-state index contributed by atoms with van der Waals surface area (Å²) in [6.07, 6.45) is 10.8. The van der Waals surface area contributed by atoms with Crippen molar-refractivity contribution in [3.05, 3.63) is 46.5 Å². The fourth-order valence-electron chi connectivity index (χ4n) is 15.5. The highest BCUT2D eigenvalue weighted by molar-refractivity contribution is 6.00. The molecule has 0 spiro atoms. The Morgan fingerprint density at radius 3 is 2.20 bits per heavy atom. The molecule has 59 heavy (non-hydrogen) atoms. The van der Waals surface area contributed by atoms with Gasteiger partial charge in [0.05, 0.1) is 25.0 Å². The van der Waals surface area contributed by atoms with Crippen LogP contribution < -0.4 is 5.32 Å². The van der Waals surface area contributed by atoms with E-state index in [1.807, 2.05) is 13.8 Å². The van der Waals surface area contributed by atoms with Crippen LogP contribution in [-0.4, -0.2) is 66.7 Å². The quantitative estimate of drug-likeness (QED) is 0.168. The summed E-state index contributed by atoms with van der Waals surface area (Å²) in [5.41, 5.74) is 5.01. The Balaban J connectivity index is 0.961. The minimum atomic E-state index is -0.814. The number of carboxylic acids is 1. The van der Waals surface area contributed by atoms with E-state index in [2.05, 4.69) is 82.9 Å². The van der Waals surface area contributed by atoms with Crippen molar-refractivity contribution in [3.8, 4) is 0 Å². The number of hydrogen-bond acceptors (Lipinski definition) is 7. The Kier molecular flexibility index (Phi) is 11.2. The maximum atomic E-state index is 14.2. The molecule has 8 heteroatoms. The molecular weight excluding hydrogens is 737 g/mol. The molecule has 0 amide bonds. The summed E-state index contributed by atoms with van der Waals surface area (Å²) < 4.78 is 12.0. The number of nitrogens with zero attached hydrogens (tertiary/aromatic N) is 1. The molecule has 0 radical (unpaired) electrons. The smallest absolute Gasteiger partial charge is 0.309 e. The summed E-state index contributed by atoms with van der Waals surface area (Å²) in [5.74, 6) is 0.237. The lowest BCUT2D eigenvalue weighted by molar-refractivity contribution is -0.236. The molecule has 326 valence electrons. The number of carbonyl (C=O) groups excluding carboxylic acids is 2. The van der Waals surface area contributed by atoms with E-state index in [1.165, 1.54) is 36.0 Å². The number of allylic oxidation sites excluding steroid dienone is 2. The van der Waals surface area contributed by atoms with E-state index in [0.717, 1.165) is 84.5 Å². The molecule has 2 N–H and O–H groups in total. The molecule has 1 aromatic carbocycles. The van der Waals surface area contributed by atoms with Crippen molar-refractivity contribution in [3.63, 3.8) is 0 Å². The molecule has 6 fully saturated rings. The van der Waals surface area contributed by atoms with Crippen molar-refractivity contribution >= 4 is 17.7 Å². The first-order valence-corrected chi connectivity index (χ1v) is 23.6. The molecule has 1 aliphatic heterocycles. The number of carbonyl (C=O) groups is 3. The number of benzene rings is 1. The van der Waals surface area contributed by atoms with Crippen molar-refractivity contribution < 1.29 is 29.0 Å². The molecule has 6 aliphatic carbocycles. The van der Waals surface area contributed by atoms with Crippen LogP contribution in [-0.2, 0) is 36.9 Å². The predicted octanol–water partition coefficient (Wildman–Crippen LogP) is 9.64. The summed E-state index contributed by atoms with van der Waals surface area (Å²) in [6.45, 7) is 27.3. The van der Waals surface area contributed by atoms with Gasteiger partial charge in [0.25, 0.3) is 0 Å². The van der Waals surface area contributed by atoms with Gasteiger partial charge in [0.2, 0.25) is 0 Å². The Labute approximate surface area is 355 Å². The number of hydrogen-bond donors (Lipinski definition) is 2. The average Bonchev–Trinajstić information content (AvgIpc) is 3.47. The number of aliphatic carboxylic acids is 1. The van der Waals surface area contributed by atoms with E-state index in [0.29, 0.717) is 36.4 Å². The highest BCUT2D eigenvalue weighted by Gasteiger charge is 2.70. The minimum absolute atomic E-state index is 0.0381. The molecule has 8 nitrogen and oxygen atoms in total. The van der Waals surface area contributed by atoms with Crippen molar-refractivity contribution in [2.24, 2.45) is 68.0 Å². The zero-order valence-electron chi connectivity index (χ0n) is 38.0. The van der Waals surface area contributed by atoms with Crippen LogP contribution in [0.1, 0.15) is 144 Å². The lowest BCUT2D eigenvalue weighted by Gasteiger charge is -2.72. The van der Waals surface area contributed by atoms with Crippen LogP contribution in [0.5, 0.6) is 0 Å². The van der Waals surface area contributed by atoms with Gasteiger partial charge in [-0.25, -0.2) is 0 Å². The monoisotopic (exact) mass is 813 g/mol. The van der Waals surface area contributed by atoms with E-state index in [1.54, 1.807) is 5.57 Å². The van der Waals surface area contributed by atoms with Crippen molar-refractivity contribution in [1.82, 2.24) is 10.2 Å². The van der Waals surface area contributed by atoms with E-state index in [9.17, 15) is 19.5 Å². The number of nitrogens with one attached hydrogen (secondary N) is 1. The lowest BCUT2D eigenvalue weighted by atomic mass is 9.33. The minimum Gasteiger partial charge on any atom is -0.481 e. The molecule has 1 saturated heterocycles. The number of rotatable bonds is 11. The van der Waals surface area contributed by atoms with Crippen LogP contribution in [0.25, 0.3) is 0 Å². The van der Waals surface area contributed by atoms with Crippen molar-refractivity contribution in [2.45, 2.75) is 152 Å². The Morgan fingerprint density at radius 2 is 1.54 bits per heavy atom. The summed E-state index contributed by atoms with van der Waals surface area (Å²) in [4.78, 5) is 42.1. The number of esters is 1. The number of ether oxygens (including phenoxy) is 2. The van der Waals surface area contributed by atoms with Gasteiger partial charge in [-0.15, -0.1) is 0 Å². The topological polar surface area (TPSA) is 105 Å². The van der Waals surface area contributed by atoms with Gasteiger partial charge in [0, 0.05) is 43.4 Å². The van der Waals surface area contributed by atoms with E-state index >= 15 is 0 Å². The van der Waals surface area contributed by atoms with Crippen LogP contribution >= 0.6 is 0 Å². The van der Waals surface area contributed by atoms with Crippen LogP contribution in [0.2, 0.25) is 0 Å². The maximum Gasteiger partial charge on any atom is 0.309 e. The molecule has 7 aliphatic rings. The van der Waals surface area contributed by atoms with E-state index in [-0.39, 0.29) is 51.0 Å². The Hall–Kier alpha value is -2.55. The largest absolute Gasteiger partial charge is 0.481 e. The fraction of sp³-hybridized carbons (Fsp3) is 0.784. The normalized spacial score (nSPS) is 40.1. The Morgan fingerprint density at radius 1 is 0.847 bits per heavy atom. The van der Waals surface area contributed by atoms with Gasteiger partial charge < -0.3 is 19.9 Å². The third-order valence-corrected chi connectivity index (χ3v) is 19.3. The first-order chi connectivity index (χ1) is 27.8. The number of ketones is 1. The fourth-order valence-corrected chi connectivity index (χ4v) is 15.5. The highest BCUT2D eigenvalue weighted by atomic mass is 16.5. The average molecular weight is 813 g/mol. The second kappa shape index (κ2) is 15.4. The number of morpholine rings is 1. The molecule has 10 atom stereocenters. The summed E-state index contributed by atoms with van der Waals surface area (Å²) >= 11 is 0. The predicted molar refractivity (Wildman–Crippen MR) is 231 cm³/mol. The molecular formula is C51H76N2O6. The van der Waals surface area contributed by atoms with Gasteiger partial charge in [0.15, 0.2) is 5.78 Å². The Bertz CT molecular complexity index is 1830. The summed E-state index contributed by atoms with van der Waals surface area (Å²) in [6, 6.07) is 9.11. The number of carboxylic acid groups (broad SMARTS) is 1. The zero-order valence-corrected chi connectivity index (χ0v) is 38.0. The van der Waals surface area contributed by atoms with E-state index in [4.69, 9.17) is 9.47 Å². The third kappa shape index (κ3) is 6.91. The number of Topliss-reactive ketones (excluding diaryl/α,β-unsaturated/α-hetero) is 1. The van der Waals surface area contributed by atoms with Gasteiger partial charge in [-0.3, -0.25) is 19.3 Å². The standard InChI is InChI=1S/C51H76N2O6/c1-32(2)42-38(54)29-51(22-23-52-30-33-10-12-34(13-11-33)31-53-24-26-58-27-25-53)21-20-49(8)35(43(42)51)14-15-40-48(7)18-17-41(47(5,6)39(48)16-19-50(40,49)9)59-45(57)37-28-36(44(55)56)46(37,3)4/h10-13,32,35-37,39-41,52H,14-31H2,1-9H3,(H,55,56)/t35-,36+,37-,39+,40-,41+,48+,49-,50-,51-/m1/s1. The van der Waals surface area contributed by atoms with Gasteiger partial charge in [-0.05, 0) is 133 Å². The highest BCUT2D eigenvalue weighted by Crippen LogP contribution is 2.77. The maximum absolute atomic E-state index is 14.2. The molecule has 0 aromatic heterocycles. The van der Waals surface area contributed by atoms with Gasteiger partial charge in [-0.1, -0.05) is 92.2 Å². The van der Waals surface area contributed by atoms with Crippen molar-refractivity contribution in [2.75, 3.05) is 32.8 Å². The summed E-state index contributed by atoms with van der Waals surface area (Å²) in [5, 5.41) is 13.5.